The van der Waals surface area contributed by atoms with E-state index in [1.807, 2.05) is 38.1 Å². The number of carbonyl (C=O) groups is 1. The van der Waals surface area contributed by atoms with Gasteiger partial charge in [-0.15, -0.1) is 0 Å². The maximum atomic E-state index is 11.8. The van der Waals surface area contributed by atoms with Gasteiger partial charge in [-0.1, -0.05) is 31.5 Å². The average molecular weight is 219 g/mol. The molecule has 1 atom stereocenters. The summed E-state index contributed by atoms with van der Waals surface area (Å²) < 4.78 is 0. The Bertz CT molecular complexity index is 340. The molecule has 88 valence electrons. The number of nitrogens with one attached hydrogen (secondary N) is 1. The summed E-state index contributed by atoms with van der Waals surface area (Å²) in [7, 11) is 0. The third-order valence-corrected chi connectivity index (χ3v) is 2.52. The standard InChI is InChI=1S/C14H21NO/c1-10(2)9-12(4)15-14(16)13-7-5-11(3)6-8-13/h5-8,10,12H,9H2,1-4H3,(H,15,16)/t12-/m1/s1. The highest BCUT2D eigenvalue weighted by Gasteiger charge is 2.10. The molecule has 0 radical (unpaired) electrons. The van der Waals surface area contributed by atoms with Crippen molar-refractivity contribution in [1.29, 1.82) is 0 Å². The number of hydrogen-bond acceptors (Lipinski definition) is 1. The largest absolute Gasteiger partial charge is 0.350 e. The molecule has 0 spiro atoms. The van der Waals surface area contributed by atoms with E-state index in [4.69, 9.17) is 0 Å². The summed E-state index contributed by atoms with van der Waals surface area (Å²) in [4.78, 5) is 11.8. The zero-order chi connectivity index (χ0) is 12.1. The molecule has 2 nitrogen and oxygen atoms in total. The van der Waals surface area contributed by atoms with Crippen molar-refractivity contribution < 1.29 is 4.79 Å². The molecule has 0 saturated carbocycles. The van der Waals surface area contributed by atoms with E-state index in [2.05, 4.69) is 19.2 Å². The van der Waals surface area contributed by atoms with Crippen LogP contribution in [0.15, 0.2) is 24.3 Å². The molecule has 0 aromatic heterocycles. The lowest BCUT2D eigenvalue weighted by atomic mass is 10.0. The van der Waals surface area contributed by atoms with Gasteiger partial charge in [-0.2, -0.15) is 0 Å². The topological polar surface area (TPSA) is 29.1 Å². The minimum atomic E-state index is 0.0214. The molecule has 0 fully saturated rings. The van der Waals surface area contributed by atoms with Crippen molar-refractivity contribution in [2.75, 3.05) is 0 Å². The van der Waals surface area contributed by atoms with Crippen molar-refractivity contribution in [3.63, 3.8) is 0 Å². The van der Waals surface area contributed by atoms with Crippen molar-refractivity contribution in [2.24, 2.45) is 5.92 Å². The molecule has 0 aliphatic carbocycles. The van der Waals surface area contributed by atoms with Crippen LogP contribution >= 0.6 is 0 Å². The van der Waals surface area contributed by atoms with Gasteiger partial charge in [-0.3, -0.25) is 4.79 Å². The summed E-state index contributed by atoms with van der Waals surface area (Å²) in [6.45, 7) is 8.39. The molecule has 0 saturated heterocycles. The molecular weight excluding hydrogens is 198 g/mol. The number of amides is 1. The fraction of sp³-hybridized carbons (Fsp3) is 0.500. The molecule has 1 N–H and O–H groups in total. The van der Waals surface area contributed by atoms with Gasteiger partial charge < -0.3 is 5.32 Å². The molecule has 1 amide bonds. The minimum Gasteiger partial charge on any atom is -0.350 e. The third-order valence-electron chi connectivity index (χ3n) is 2.52. The van der Waals surface area contributed by atoms with E-state index in [0.29, 0.717) is 5.92 Å². The Balaban J connectivity index is 2.55. The molecule has 0 unspecified atom stereocenters. The molecule has 0 aliphatic heterocycles. The van der Waals surface area contributed by atoms with E-state index < -0.39 is 0 Å². The number of hydrogen-bond donors (Lipinski definition) is 1. The first kappa shape index (κ1) is 12.8. The first-order chi connectivity index (χ1) is 7.49. The van der Waals surface area contributed by atoms with Gasteiger partial charge in [0.2, 0.25) is 0 Å². The normalized spacial score (nSPS) is 12.6. The summed E-state index contributed by atoms with van der Waals surface area (Å²) in [5.74, 6) is 0.626. The maximum absolute atomic E-state index is 11.8. The van der Waals surface area contributed by atoms with Gasteiger partial charge in [0.1, 0.15) is 0 Å². The smallest absolute Gasteiger partial charge is 0.251 e. The van der Waals surface area contributed by atoms with Crippen molar-refractivity contribution in [1.82, 2.24) is 5.32 Å². The van der Waals surface area contributed by atoms with Crippen LogP contribution < -0.4 is 5.32 Å². The van der Waals surface area contributed by atoms with Crippen molar-refractivity contribution in [3.05, 3.63) is 35.4 Å². The van der Waals surface area contributed by atoms with Crippen LogP contribution in [0.4, 0.5) is 0 Å². The first-order valence-corrected chi connectivity index (χ1v) is 5.86. The van der Waals surface area contributed by atoms with Crippen LogP contribution in [0.25, 0.3) is 0 Å². The molecule has 0 heterocycles. The first-order valence-electron chi connectivity index (χ1n) is 5.86. The van der Waals surface area contributed by atoms with E-state index in [0.717, 1.165) is 12.0 Å². The number of benzene rings is 1. The zero-order valence-corrected chi connectivity index (χ0v) is 10.6. The Morgan fingerprint density at radius 2 is 1.75 bits per heavy atom. The van der Waals surface area contributed by atoms with Crippen LogP contribution in [0.2, 0.25) is 0 Å². The van der Waals surface area contributed by atoms with Crippen LogP contribution in [0, 0.1) is 12.8 Å². The Labute approximate surface area is 98.1 Å². The monoisotopic (exact) mass is 219 g/mol. The lowest BCUT2D eigenvalue weighted by Gasteiger charge is -2.15. The molecule has 16 heavy (non-hydrogen) atoms. The maximum Gasteiger partial charge on any atom is 0.251 e. The van der Waals surface area contributed by atoms with Crippen LogP contribution in [0.3, 0.4) is 0 Å². The van der Waals surface area contributed by atoms with Gasteiger partial charge in [0.05, 0.1) is 0 Å². The highest BCUT2D eigenvalue weighted by Crippen LogP contribution is 2.07. The SMILES string of the molecule is Cc1ccc(C(=O)N[C@H](C)CC(C)C)cc1. The van der Waals surface area contributed by atoms with Gasteiger partial charge in [-0.25, -0.2) is 0 Å². The molecule has 0 bridgehead atoms. The summed E-state index contributed by atoms with van der Waals surface area (Å²) in [6.07, 6.45) is 1.01. The Morgan fingerprint density at radius 1 is 1.19 bits per heavy atom. The quantitative estimate of drug-likeness (QED) is 0.828. The zero-order valence-electron chi connectivity index (χ0n) is 10.6. The lowest BCUT2D eigenvalue weighted by Crippen LogP contribution is -2.33. The Kier molecular flexibility index (Phi) is 4.53. The summed E-state index contributed by atoms with van der Waals surface area (Å²) in [5, 5.41) is 3.01. The van der Waals surface area contributed by atoms with Crippen molar-refractivity contribution >= 4 is 5.91 Å². The average Bonchev–Trinajstić information content (AvgIpc) is 2.16. The predicted octanol–water partition coefficient (Wildman–Crippen LogP) is 3.16. The molecule has 2 heteroatoms. The van der Waals surface area contributed by atoms with E-state index in [1.54, 1.807) is 0 Å². The van der Waals surface area contributed by atoms with Crippen LogP contribution in [-0.2, 0) is 0 Å². The van der Waals surface area contributed by atoms with Crippen LogP contribution in [0.1, 0.15) is 43.1 Å². The van der Waals surface area contributed by atoms with Gasteiger partial charge in [0.25, 0.3) is 5.91 Å². The molecule has 1 aromatic carbocycles. The Morgan fingerprint density at radius 3 is 2.25 bits per heavy atom. The van der Waals surface area contributed by atoms with Gasteiger partial charge in [0, 0.05) is 11.6 Å². The molecule has 1 rings (SSSR count). The highest BCUT2D eigenvalue weighted by molar-refractivity contribution is 5.94. The third kappa shape index (κ3) is 4.05. The fourth-order valence-corrected chi connectivity index (χ4v) is 1.78. The van der Waals surface area contributed by atoms with Crippen LogP contribution in [-0.4, -0.2) is 11.9 Å². The Hall–Kier alpha value is -1.31. The van der Waals surface area contributed by atoms with Crippen molar-refractivity contribution in [2.45, 2.75) is 40.2 Å². The second-order valence-corrected chi connectivity index (χ2v) is 4.87. The van der Waals surface area contributed by atoms with E-state index >= 15 is 0 Å². The number of carbonyl (C=O) groups excluding carboxylic acids is 1. The highest BCUT2D eigenvalue weighted by atomic mass is 16.1. The number of aryl methyl sites for hydroxylation is 1. The lowest BCUT2D eigenvalue weighted by molar-refractivity contribution is 0.0936. The van der Waals surface area contributed by atoms with E-state index in [9.17, 15) is 4.79 Å². The minimum absolute atomic E-state index is 0.0214. The molecule has 0 aliphatic rings. The van der Waals surface area contributed by atoms with Gasteiger partial charge in [-0.05, 0) is 38.3 Å². The fourth-order valence-electron chi connectivity index (χ4n) is 1.78. The van der Waals surface area contributed by atoms with Crippen LogP contribution in [0.5, 0.6) is 0 Å². The summed E-state index contributed by atoms with van der Waals surface area (Å²) in [6, 6.07) is 7.89. The predicted molar refractivity (Wildman–Crippen MR) is 67.6 cm³/mol. The molecular formula is C14H21NO. The summed E-state index contributed by atoms with van der Waals surface area (Å²) >= 11 is 0. The number of rotatable bonds is 4. The van der Waals surface area contributed by atoms with Crippen molar-refractivity contribution in [3.8, 4) is 0 Å². The van der Waals surface area contributed by atoms with Gasteiger partial charge >= 0.3 is 0 Å². The van der Waals surface area contributed by atoms with E-state index in [-0.39, 0.29) is 11.9 Å². The molecule has 1 aromatic rings. The second-order valence-electron chi connectivity index (χ2n) is 4.87. The van der Waals surface area contributed by atoms with E-state index in [1.165, 1.54) is 5.56 Å². The summed E-state index contributed by atoms with van der Waals surface area (Å²) in [5.41, 5.74) is 1.91. The van der Waals surface area contributed by atoms with Gasteiger partial charge in [0.15, 0.2) is 0 Å². The second kappa shape index (κ2) is 5.69.